The summed E-state index contributed by atoms with van der Waals surface area (Å²) in [6, 6.07) is 0. The molecule has 0 heterocycles. The number of ether oxygens (including phenoxy) is 1. The van der Waals surface area contributed by atoms with E-state index in [2.05, 4.69) is 134 Å². The highest BCUT2D eigenvalue weighted by atomic mass is 16.5. The topological polar surface area (TPSA) is 26.3 Å². The summed E-state index contributed by atoms with van der Waals surface area (Å²) in [6.07, 6.45) is 75.7. The number of rotatable bonds is 40. The van der Waals surface area contributed by atoms with Crippen molar-refractivity contribution in [3.05, 3.63) is 85.1 Å². The molecule has 2 heteroatoms. The van der Waals surface area contributed by atoms with E-state index >= 15 is 0 Å². The van der Waals surface area contributed by atoms with E-state index in [4.69, 9.17) is 4.74 Å². The zero-order valence-electron chi connectivity index (χ0n) is 42.9. The molecule has 0 aliphatic carbocycles. The molecular weight excluding hydrogens is 741 g/mol. The molecule has 0 unspecified atom stereocenters. The van der Waals surface area contributed by atoms with Crippen LogP contribution in [0.1, 0.15) is 280 Å². The monoisotopic (exact) mass is 851 g/mol. The molecular formula is C59H110O2. The zero-order chi connectivity index (χ0) is 45.6. The molecule has 0 spiro atoms. The van der Waals surface area contributed by atoms with Crippen molar-refractivity contribution in [2.24, 2.45) is 0 Å². The molecule has 0 bridgehead atoms. The van der Waals surface area contributed by atoms with E-state index in [1.165, 1.54) is 180 Å². The van der Waals surface area contributed by atoms with Crippen LogP contribution in [0.25, 0.3) is 0 Å². The molecule has 61 heavy (non-hydrogen) atoms. The third kappa shape index (κ3) is 78.6. The molecule has 358 valence electrons. The lowest BCUT2D eigenvalue weighted by atomic mass is 10.1. The predicted octanol–water partition coefficient (Wildman–Crippen LogP) is 21.2. The number of unbranched alkanes of at least 4 members (excludes halogenated alkanes) is 23. The summed E-state index contributed by atoms with van der Waals surface area (Å²) >= 11 is 0. The summed E-state index contributed by atoms with van der Waals surface area (Å²) in [5.41, 5.74) is 0. The fourth-order valence-corrected chi connectivity index (χ4v) is 6.10. The Morgan fingerprint density at radius 2 is 0.590 bits per heavy atom. The average Bonchev–Trinajstić information content (AvgIpc) is 3.27. The van der Waals surface area contributed by atoms with Gasteiger partial charge in [0.05, 0.1) is 6.61 Å². The summed E-state index contributed by atoms with van der Waals surface area (Å²) < 4.78 is 5.06. The van der Waals surface area contributed by atoms with Gasteiger partial charge >= 0.3 is 5.97 Å². The van der Waals surface area contributed by atoms with E-state index in [-0.39, 0.29) is 5.97 Å². The van der Waals surface area contributed by atoms with Crippen molar-refractivity contribution in [1.82, 2.24) is 0 Å². The van der Waals surface area contributed by atoms with Crippen molar-refractivity contribution in [3.63, 3.8) is 0 Å². The van der Waals surface area contributed by atoms with E-state index in [1.807, 2.05) is 6.92 Å². The second kappa shape index (κ2) is 69.4. The SMILES string of the molecule is C/C=C\CCCCC.CCCC/C=C/C/C=C/CCCCC.CCCCC/C=C/C/C=C/CCCCCC.CCCCC/C=C/C/C=C/CCCCCCCC(=O)OCCC. The Kier molecular flexibility index (Phi) is 74.2. The molecule has 0 atom stereocenters. The van der Waals surface area contributed by atoms with Crippen LogP contribution in [0.15, 0.2) is 85.1 Å². The Bertz CT molecular complexity index is 961. The molecule has 0 aliphatic heterocycles. The molecule has 2 nitrogen and oxygen atoms in total. The van der Waals surface area contributed by atoms with Crippen LogP contribution in [0.5, 0.6) is 0 Å². The van der Waals surface area contributed by atoms with Gasteiger partial charge in [0.15, 0.2) is 0 Å². The Labute approximate surface area is 385 Å². The van der Waals surface area contributed by atoms with E-state index < -0.39 is 0 Å². The molecule has 0 aromatic heterocycles. The van der Waals surface area contributed by atoms with Crippen molar-refractivity contribution in [3.8, 4) is 0 Å². The maximum Gasteiger partial charge on any atom is 0.305 e. The van der Waals surface area contributed by atoms with E-state index in [1.54, 1.807) is 0 Å². The maximum absolute atomic E-state index is 11.3. The normalized spacial score (nSPS) is 11.6. The standard InChI is InChI=1S/C21H38O2.C16H30.C14H26.C8H16/c1-3-5-6-7-8-9-10-11-12-13-14-15-16-17-18-19-21(22)23-20-4-2;1-3-5-7-9-11-13-15-16-14-12-10-8-6-4-2;1-3-5-7-9-11-13-14-12-10-8-6-4-2;1-3-5-7-8-6-4-2/h8-9,11-12H,3-7,10,13-20H2,1-2H3;11,13-14,16H,3-10,12,15H2,1-2H3;9,11-12,14H,3-8,10,13H2,1-2H3;3,5H,4,6-8H2,1-2H3/b9-8+,12-11+;13-11+,16-14+;11-9+,14-12+;5-3-. The summed E-state index contributed by atoms with van der Waals surface area (Å²) in [6.45, 7) is 18.1. The van der Waals surface area contributed by atoms with Gasteiger partial charge in [-0.05, 0) is 122 Å². The van der Waals surface area contributed by atoms with Crippen LogP contribution >= 0.6 is 0 Å². The fourth-order valence-electron chi connectivity index (χ4n) is 6.10. The lowest BCUT2D eigenvalue weighted by molar-refractivity contribution is -0.143. The van der Waals surface area contributed by atoms with Crippen LogP contribution in [0.2, 0.25) is 0 Å². The minimum Gasteiger partial charge on any atom is -0.466 e. The van der Waals surface area contributed by atoms with Gasteiger partial charge in [0.25, 0.3) is 0 Å². The number of carbonyl (C=O) groups is 1. The van der Waals surface area contributed by atoms with E-state index in [9.17, 15) is 4.79 Å². The van der Waals surface area contributed by atoms with E-state index in [0.717, 1.165) is 38.5 Å². The Balaban J connectivity index is -0.000000376. The van der Waals surface area contributed by atoms with Crippen LogP contribution in [0.4, 0.5) is 0 Å². The van der Waals surface area contributed by atoms with Crippen molar-refractivity contribution in [1.29, 1.82) is 0 Å². The van der Waals surface area contributed by atoms with Gasteiger partial charge < -0.3 is 4.74 Å². The lowest BCUT2D eigenvalue weighted by Gasteiger charge is -2.02. The van der Waals surface area contributed by atoms with Gasteiger partial charge in [0.2, 0.25) is 0 Å². The second-order valence-corrected chi connectivity index (χ2v) is 16.6. The zero-order valence-corrected chi connectivity index (χ0v) is 42.9. The summed E-state index contributed by atoms with van der Waals surface area (Å²) in [7, 11) is 0. The van der Waals surface area contributed by atoms with Gasteiger partial charge in [-0.15, -0.1) is 0 Å². The Morgan fingerprint density at radius 1 is 0.311 bits per heavy atom. The first kappa shape index (κ1) is 65.3. The van der Waals surface area contributed by atoms with Crippen LogP contribution in [-0.2, 0) is 9.53 Å². The summed E-state index contributed by atoms with van der Waals surface area (Å²) in [4.78, 5) is 11.3. The molecule has 0 aromatic carbocycles. The molecule has 0 amide bonds. The van der Waals surface area contributed by atoms with Crippen molar-refractivity contribution >= 4 is 5.97 Å². The van der Waals surface area contributed by atoms with Gasteiger partial charge in [0, 0.05) is 6.42 Å². The van der Waals surface area contributed by atoms with Crippen LogP contribution in [0, 0.1) is 0 Å². The van der Waals surface area contributed by atoms with Crippen molar-refractivity contribution in [2.45, 2.75) is 280 Å². The minimum atomic E-state index is -0.0301. The molecule has 0 saturated heterocycles. The van der Waals surface area contributed by atoms with Gasteiger partial charge in [0.1, 0.15) is 0 Å². The first-order chi connectivity index (χ1) is 30.1. The highest BCUT2D eigenvalue weighted by molar-refractivity contribution is 5.69. The lowest BCUT2D eigenvalue weighted by Crippen LogP contribution is -2.04. The molecule has 0 aromatic rings. The highest BCUT2D eigenvalue weighted by Gasteiger charge is 2.01. The van der Waals surface area contributed by atoms with Gasteiger partial charge in [-0.2, -0.15) is 0 Å². The van der Waals surface area contributed by atoms with Gasteiger partial charge in [-0.25, -0.2) is 0 Å². The Morgan fingerprint density at radius 3 is 0.934 bits per heavy atom. The summed E-state index contributed by atoms with van der Waals surface area (Å²) in [5.74, 6) is -0.0301. The van der Waals surface area contributed by atoms with Crippen LogP contribution < -0.4 is 0 Å². The molecule has 0 aliphatic rings. The second-order valence-electron chi connectivity index (χ2n) is 16.6. The number of allylic oxidation sites excluding steroid dienone is 14. The number of hydrogen-bond acceptors (Lipinski definition) is 2. The molecule has 0 radical (unpaired) electrons. The Hall–Kier alpha value is -2.35. The van der Waals surface area contributed by atoms with Crippen LogP contribution in [-0.4, -0.2) is 12.6 Å². The van der Waals surface area contributed by atoms with Crippen molar-refractivity contribution < 1.29 is 9.53 Å². The maximum atomic E-state index is 11.3. The van der Waals surface area contributed by atoms with Crippen LogP contribution in [0.3, 0.4) is 0 Å². The first-order valence-electron chi connectivity index (χ1n) is 26.7. The van der Waals surface area contributed by atoms with E-state index in [0.29, 0.717) is 13.0 Å². The largest absolute Gasteiger partial charge is 0.466 e. The predicted molar refractivity (Wildman–Crippen MR) is 282 cm³/mol. The number of hydrogen-bond donors (Lipinski definition) is 0. The van der Waals surface area contributed by atoms with Crippen molar-refractivity contribution in [2.75, 3.05) is 6.61 Å². The quantitative estimate of drug-likeness (QED) is 0.0349. The number of esters is 1. The van der Waals surface area contributed by atoms with Gasteiger partial charge in [-0.3, -0.25) is 4.79 Å². The molecule has 0 saturated carbocycles. The smallest absolute Gasteiger partial charge is 0.305 e. The highest BCUT2D eigenvalue weighted by Crippen LogP contribution is 2.09. The minimum absolute atomic E-state index is 0.0301. The fraction of sp³-hybridized carbons (Fsp3) is 0.746. The summed E-state index contributed by atoms with van der Waals surface area (Å²) in [5, 5.41) is 0. The average molecular weight is 852 g/mol. The first-order valence-corrected chi connectivity index (χ1v) is 26.7. The third-order valence-electron chi connectivity index (χ3n) is 10.1. The third-order valence-corrected chi connectivity index (χ3v) is 10.1. The van der Waals surface area contributed by atoms with Gasteiger partial charge in [-0.1, -0.05) is 236 Å². The number of carbonyl (C=O) groups excluding carboxylic acids is 1. The molecule has 0 fully saturated rings. The molecule has 0 N–H and O–H groups in total. The molecule has 0 rings (SSSR count).